The number of rotatable bonds is 7. The summed E-state index contributed by atoms with van der Waals surface area (Å²) in [5, 5.41) is 3.85. The molecule has 0 saturated carbocycles. The molecule has 1 atom stereocenters. The average molecular weight is 364 g/mol. The standard InChI is InChI=1S/C16H20N4O4S/c1-4-13-14(25-20-17-13)16(22)19-18-15(21)10(3)24-12-8-6-11(7-9-12)23-5-2/h6-10H,4-5H2,1-3H3,(H,18,21)(H,19,22)/t10-/m1/s1. The smallest absolute Gasteiger partial charge is 0.283 e. The van der Waals surface area contributed by atoms with E-state index in [4.69, 9.17) is 9.47 Å². The van der Waals surface area contributed by atoms with Gasteiger partial charge in [-0.05, 0) is 56.1 Å². The van der Waals surface area contributed by atoms with Crippen LogP contribution in [0.25, 0.3) is 0 Å². The molecule has 0 bridgehead atoms. The second-order valence-corrected chi connectivity index (χ2v) is 5.76. The van der Waals surface area contributed by atoms with E-state index >= 15 is 0 Å². The third kappa shape index (κ3) is 5.15. The highest BCUT2D eigenvalue weighted by Gasteiger charge is 2.18. The minimum Gasteiger partial charge on any atom is -0.494 e. The lowest BCUT2D eigenvalue weighted by Gasteiger charge is -2.15. The molecular weight excluding hydrogens is 344 g/mol. The first kappa shape index (κ1) is 18.7. The molecule has 1 heterocycles. The van der Waals surface area contributed by atoms with Crippen LogP contribution < -0.4 is 20.3 Å². The second kappa shape index (κ2) is 8.97. The lowest BCUT2D eigenvalue weighted by molar-refractivity contribution is -0.128. The first-order valence-corrected chi connectivity index (χ1v) is 8.63. The number of aromatic nitrogens is 2. The van der Waals surface area contributed by atoms with Crippen LogP contribution in [0.4, 0.5) is 0 Å². The summed E-state index contributed by atoms with van der Waals surface area (Å²) in [6.45, 7) is 5.94. The minimum atomic E-state index is -0.788. The molecule has 0 saturated heterocycles. The molecule has 0 unspecified atom stereocenters. The Morgan fingerprint density at radius 2 is 1.84 bits per heavy atom. The van der Waals surface area contributed by atoms with Crippen molar-refractivity contribution in [2.24, 2.45) is 0 Å². The fourth-order valence-corrected chi connectivity index (χ4v) is 2.57. The number of ether oxygens (including phenoxy) is 2. The molecule has 1 aromatic carbocycles. The molecule has 0 aliphatic heterocycles. The van der Waals surface area contributed by atoms with Crippen LogP contribution in [0.3, 0.4) is 0 Å². The Kier molecular flexibility index (Phi) is 6.70. The Balaban J connectivity index is 1.84. The predicted molar refractivity (Wildman–Crippen MR) is 92.6 cm³/mol. The summed E-state index contributed by atoms with van der Waals surface area (Å²) in [5.41, 5.74) is 5.27. The van der Waals surface area contributed by atoms with Crippen LogP contribution in [-0.4, -0.2) is 34.1 Å². The van der Waals surface area contributed by atoms with E-state index in [1.165, 1.54) is 0 Å². The first-order valence-electron chi connectivity index (χ1n) is 7.86. The normalized spacial score (nSPS) is 11.5. The Hall–Kier alpha value is -2.68. The molecule has 0 fully saturated rings. The summed E-state index contributed by atoms with van der Waals surface area (Å²) in [5.74, 6) is 0.327. The molecule has 9 heteroatoms. The maximum Gasteiger partial charge on any atom is 0.283 e. The van der Waals surface area contributed by atoms with Crippen LogP contribution >= 0.6 is 11.5 Å². The lowest BCUT2D eigenvalue weighted by atomic mass is 10.3. The van der Waals surface area contributed by atoms with Crippen LogP contribution in [0.5, 0.6) is 11.5 Å². The maximum atomic E-state index is 12.0. The number of carbonyl (C=O) groups is 2. The van der Waals surface area contributed by atoms with E-state index in [1.807, 2.05) is 13.8 Å². The first-order chi connectivity index (χ1) is 12.0. The van der Waals surface area contributed by atoms with Gasteiger partial charge in [0.05, 0.1) is 12.3 Å². The molecular formula is C16H20N4O4S. The van der Waals surface area contributed by atoms with Crippen molar-refractivity contribution in [1.29, 1.82) is 0 Å². The summed E-state index contributed by atoms with van der Waals surface area (Å²) in [6, 6.07) is 6.94. The van der Waals surface area contributed by atoms with Crippen molar-refractivity contribution in [2.75, 3.05) is 6.61 Å². The van der Waals surface area contributed by atoms with Gasteiger partial charge in [0.25, 0.3) is 11.8 Å². The molecule has 2 N–H and O–H groups in total. The maximum absolute atomic E-state index is 12.0. The van der Waals surface area contributed by atoms with Crippen molar-refractivity contribution in [3.05, 3.63) is 34.8 Å². The minimum absolute atomic E-state index is 0.378. The van der Waals surface area contributed by atoms with Gasteiger partial charge in [-0.15, -0.1) is 5.10 Å². The van der Waals surface area contributed by atoms with E-state index in [-0.39, 0.29) is 0 Å². The number of carbonyl (C=O) groups excluding carboxylic acids is 2. The number of hydrogen-bond acceptors (Lipinski definition) is 7. The molecule has 2 aromatic rings. The zero-order chi connectivity index (χ0) is 18.2. The van der Waals surface area contributed by atoms with Crippen molar-refractivity contribution >= 4 is 23.3 Å². The molecule has 1 aromatic heterocycles. The molecule has 0 radical (unpaired) electrons. The van der Waals surface area contributed by atoms with Gasteiger partial charge in [-0.1, -0.05) is 11.4 Å². The third-order valence-electron chi connectivity index (χ3n) is 3.21. The molecule has 2 rings (SSSR count). The van der Waals surface area contributed by atoms with Crippen LogP contribution in [0.15, 0.2) is 24.3 Å². The van der Waals surface area contributed by atoms with Crippen LogP contribution in [0.2, 0.25) is 0 Å². The van der Waals surface area contributed by atoms with Gasteiger partial charge in [0, 0.05) is 0 Å². The highest BCUT2D eigenvalue weighted by Crippen LogP contribution is 2.18. The number of benzene rings is 1. The third-order valence-corrected chi connectivity index (χ3v) is 3.98. The van der Waals surface area contributed by atoms with E-state index in [0.717, 1.165) is 17.3 Å². The lowest BCUT2D eigenvalue weighted by Crippen LogP contribution is -2.47. The van der Waals surface area contributed by atoms with Crippen LogP contribution in [-0.2, 0) is 11.2 Å². The number of nitrogens with zero attached hydrogens (tertiary/aromatic N) is 2. The highest BCUT2D eigenvalue weighted by molar-refractivity contribution is 7.08. The number of aryl methyl sites for hydroxylation is 1. The van der Waals surface area contributed by atoms with Crippen LogP contribution in [0.1, 0.15) is 36.1 Å². The van der Waals surface area contributed by atoms with Gasteiger partial charge >= 0.3 is 0 Å². The summed E-state index contributed by atoms with van der Waals surface area (Å²) in [6.07, 6.45) is -0.201. The quantitative estimate of drug-likeness (QED) is 0.726. The predicted octanol–water partition coefficient (Wildman–Crippen LogP) is 1.73. The van der Waals surface area contributed by atoms with Gasteiger partial charge in [-0.2, -0.15) is 0 Å². The Morgan fingerprint density at radius 3 is 2.48 bits per heavy atom. The molecule has 25 heavy (non-hydrogen) atoms. The van der Waals surface area contributed by atoms with Crippen molar-refractivity contribution in [3.63, 3.8) is 0 Å². The van der Waals surface area contributed by atoms with Crippen molar-refractivity contribution in [3.8, 4) is 11.5 Å². The Bertz CT molecular complexity index is 717. The number of hydrazine groups is 1. The number of nitrogens with one attached hydrogen (secondary N) is 2. The van der Waals surface area contributed by atoms with E-state index in [0.29, 0.717) is 29.3 Å². The van der Waals surface area contributed by atoms with Crippen molar-refractivity contribution in [2.45, 2.75) is 33.3 Å². The molecule has 2 amide bonds. The van der Waals surface area contributed by atoms with E-state index < -0.39 is 17.9 Å². The van der Waals surface area contributed by atoms with Crippen molar-refractivity contribution in [1.82, 2.24) is 20.4 Å². The Labute approximate surface area is 149 Å². The molecule has 8 nitrogen and oxygen atoms in total. The fraction of sp³-hybridized carbons (Fsp3) is 0.375. The molecule has 0 spiro atoms. The molecule has 134 valence electrons. The van der Waals surface area contributed by atoms with Gasteiger partial charge in [0.15, 0.2) is 6.10 Å². The highest BCUT2D eigenvalue weighted by atomic mass is 32.1. The van der Waals surface area contributed by atoms with Crippen molar-refractivity contribution < 1.29 is 19.1 Å². The van der Waals surface area contributed by atoms with Crippen LogP contribution in [0, 0.1) is 0 Å². The zero-order valence-electron chi connectivity index (χ0n) is 14.2. The van der Waals surface area contributed by atoms with Gasteiger partial charge in [0.1, 0.15) is 16.4 Å². The van der Waals surface area contributed by atoms with E-state index in [2.05, 4.69) is 20.4 Å². The summed E-state index contributed by atoms with van der Waals surface area (Å²) in [7, 11) is 0. The monoisotopic (exact) mass is 364 g/mol. The van der Waals surface area contributed by atoms with Gasteiger partial charge < -0.3 is 9.47 Å². The summed E-state index contributed by atoms with van der Waals surface area (Å²) >= 11 is 0.983. The van der Waals surface area contributed by atoms with Gasteiger partial charge in [0.2, 0.25) is 0 Å². The molecule has 0 aliphatic carbocycles. The zero-order valence-corrected chi connectivity index (χ0v) is 15.1. The largest absolute Gasteiger partial charge is 0.494 e. The molecule has 0 aliphatic rings. The SMILES string of the molecule is CCOc1ccc(O[C@H](C)C(=O)NNC(=O)c2snnc2CC)cc1. The van der Waals surface area contributed by atoms with E-state index in [1.54, 1.807) is 31.2 Å². The summed E-state index contributed by atoms with van der Waals surface area (Å²) < 4.78 is 14.6. The second-order valence-electron chi connectivity index (χ2n) is 5.01. The van der Waals surface area contributed by atoms with Gasteiger partial charge in [-0.3, -0.25) is 20.4 Å². The van der Waals surface area contributed by atoms with E-state index in [9.17, 15) is 9.59 Å². The summed E-state index contributed by atoms with van der Waals surface area (Å²) in [4.78, 5) is 24.4. The number of amides is 2. The Morgan fingerprint density at radius 1 is 1.16 bits per heavy atom. The average Bonchev–Trinajstić information content (AvgIpc) is 3.10. The number of hydrogen-bond donors (Lipinski definition) is 2. The topological polar surface area (TPSA) is 102 Å². The van der Waals surface area contributed by atoms with Gasteiger partial charge in [-0.25, -0.2) is 0 Å². The fourth-order valence-electron chi connectivity index (χ4n) is 1.93.